The summed E-state index contributed by atoms with van der Waals surface area (Å²) in [5.74, 6) is -0.856. The summed E-state index contributed by atoms with van der Waals surface area (Å²) in [6, 6.07) is 19.3. The van der Waals surface area contributed by atoms with Gasteiger partial charge in [0.2, 0.25) is 0 Å². The molecule has 1 N–H and O–H groups in total. The molecule has 0 radical (unpaired) electrons. The van der Waals surface area contributed by atoms with Crippen LogP contribution in [-0.4, -0.2) is 50.0 Å². The number of carbonyl (C=O) groups is 2. The van der Waals surface area contributed by atoms with Gasteiger partial charge in [0.25, 0.3) is 5.91 Å². The molecule has 0 unspecified atom stereocenters. The van der Waals surface area contributed by atoms with Crippen LogP contribution in [0.15, 0.2) is 78.9 Å². The zero-order chi connectivity index (χ0) is 35.1. The minimum atomic E-state index is -0.515. The Balaban J connectivity index is 1.67. The average Bonchev–Trinajstić information content (AvgIpc) is 3.45. The topological polar surface area (TPSA) is 88.0 Å². The van der Waals surface area contributed by atoms with Gasteiger partial charge >= 0.3 is 13.1 Å². The minimum Gasteiger partial charge on any atom is -0.497 e. The first-order chi connectivity index (χ1) is 23.6. The number of hydrogen-bond acceptors (Lipinski definition) is 6. The van der Waals surface area contributed by atoms with E-state index in [4.69, 9.17) is 18.8 Å². The Morgan fingerprint density at radius 3 is 2.22 bits per heavy atom. The van der Waals surface area contributed by atoms with Crippen LogP contribution in [0, 0.1) is 11.6 Å². The highest BCUT2D eigenvalue weighted by Gasteiger charge is 2.34. The Kier molecular flexibility index (Phi) is 11.7. The Bertz CT molecular complexity index is 1790. The van der Waals surface area contributed by atoms with Gasteiger partial charge in [0.15, 0.2) is 0 Å². The molecule has 8 nitrogen and oxygen atoms in total. The van der Waals surface area contributed by atoms with Gasteiger partial charge in [-0.2, -0.15) is 0 Å². The maximum atomic E-state index is 14.4. The fraction of sp³-hybridized carbons (Fsp3) is 0.316. The number of hydrogen-bond donors (Lipinski definition) is 1. The number of rotatable bonds is 12. The van der Waals surface area contributed by atoms with Crippen molar-refractivity contribution < 1.29 is 37.2 Å². The van der Waals surface area contributed by atoms with Crippen LogP contribution in [0.4, 0.5) is 8.78 Å². The van der Waals surface area contributed by atoms with Crippen LogP contribution in [0.3, 0.4) is 0 Å². The minimum absolute atomic E-state index is 0.0935. The molecule has 11 heteroatoms. The lowest BCUT2D eigenvalue weighted by atomic mass is 9.82. The van der Waals surface area contributed by atoms with Crippen LogP contribution >= 0.6 is 0 Å². The Hall–Kier alpha value is -4.74. The largest absolute Gasteiger partial charge is 0.497 e. The lowest BCUT2D eigenvalue weighted by molar-refractivity contribution is -0.143. The monoisotopic (exact) mass is 670 g/mol. The van der Waals surface area contributed by atoms with Crippen molar-refractivity contribution in [3.05, 3.63) is 107 Å². The second-order valence-electron chi connectivity index (χ2n) is 12.1. The SMILES string of the molecule is CCB1O[C@@H](CC(=O)OC)C[C@H](/C=C/c2c(-c3ccc(F)cc3)c(-c3ccc(F)cc3)c(C(=O)NCc3cccc(OC)c3)n2C(C)C)O1. The molecule has 49 heavy (non-hydrogen) atoms. The fourth-order valence-electron chi connectivity index (χ4n) is 6.11. The summed E-state index contributed by atoms with van der Waals surface area (Å²) in [6.07, 6.45) is 4.08. The first-order valence-electron chi connectivity index (χ1n) is 16.4. The number of aromatic nitrogens is 1. The van der Waals surface area contributed by atoms with E-state index in [9.17, 15) is 18.4 Å². The van der Waals surface area contributed by atoms with Crippen LogP contribution in [-0.2, 0) is 25.4 Å². The van der Waals surface area contributed by atoms with Gasteiger partial charge < -0.3 is 28.7 Å². The molecule has 1 aliphatic heterocycles. The third-order valence-corrected chi connectivity index (χ3v) is 8.42. The van der Waals surface area contributed by atoms with Crippen molar-refractivity contribution in [3.63, 3.8) is 0 Å². The number of amides is 1. The van der Waals surface area contributed by atoms with E-state index in [0.717, 1.165) is 5.56 Å². The molecule has 0 aliphatic carbocycles. The zero-order valence-electron chi connectivity index (χ0n) is 28.4. The molecule has 0 saturated carbocycles. The second kappa shape index (κ2) is 16.1. The zero-order valence-corrected chi connectivity index (χ0v) is 28.4. The Labute approximate surface area is 286 Å². The fourth-order valence-corrected chi connectivity index (χ4v) is 6.11. The summed E-state index contributed by atoms with van der Waals surface area (Å²) in [5, 5.41) is 3.07. The number of halogens is 2. The van der Waals surface area contributed by atoms with Crippen molar-refractivity contribution >= 4 is 25.1 Å². The molecule has 1 aliphatic rings. The third-order valence-electron chi connectivity index (χ3n) is 8.42. The quantitative estimate of drug-likeness (QED) is 0.122. The Morgan fingerprint density at radius 2 is 1.63 bits per heavy atom. The molecule has 1 saturated heterocycles. The van der Waals surface area contributed by atoms with Crippen molar-refractivity contribution in [2.45, 2.75) is 64.7 Å². The van der Waals surface area contributed by atoms with Crippen LogP contribution in [0.1, 0.15) is 61.4 Å². The lowest BCUT2D eigenvalue weighted by Gasteiger charge is -2.32. The molecule has 0 spiro atoms. The van der Waals surface area contributed by atoms with E-state index < -0.39 is 31.0 Å². The predicted molar refractivity (Wildman–Crippen MR) is 186 cm³/mol. The maximum Gasteiger partial charge on any atom is 0.457 e. The second-order valence-corrected chi connectivity index (χ2v) is 12.1. The molecule has 0 bridgehead atoms. The normalized spacial score (nSPS) is 16.3. The number of nitrogens with zero attached hydrogens (tertiary/aromatic N) is 1. The highest BCUT2D eigenvalue weighted by molar-refractivity contribution is 6.44. The molecular weight excluding hydrogens is 629 g/mol. The molecule has 2 heterocycles. The van der Waals surface area contributed by atoms with E-state index in [0.29, 0.717) is 52.1 Å². The molecule has 4 aromatic rings. The van der Waals surface area contributed by atoms with Crippen molar-refractivity contribution in [1.29, 1.82) is 0 Å². The highest BCUT2D eigenvalue weighted by atomic mass is 19.1. The smallest absolute Gasteiger partial charge is 0.457 e. The number of benzene rings is 3. The first kappa shape index (κ1) is 35.6. The van der Waals surface area contributed by atoms with Crippen LogP contribution < -0.4 is 10.1 Å². The predicted octanol–water partition coefficient (Wildman–Crippen LogP) is 7.88. The third kappa shape index (κ3) is 8.47. The van der Waals surface area contributed by atoms with E-state index in [2.05, 4.69) is 5.32 Å². The summed E-state index contributed by atoms with van der Waals surface area (Å²) in [6.45, 7) is 6.12. The molecule has 256 valence electrons. The summed E-state index contributed by atoms with van der Waals surface area (Å²) in [4.78, 5) is 26.4. The van der Waals surface area contributed by atoms with Gasteiger partial charge in [0.1, 0.15) is 23.1 Å². The van der Waals surface area contributed by atoms with Gasteiger partial charge in [-0.15, -0.1) is 0 Å². The first-order valence-corrected chi connectivity index (χ1v) is 16.4. The highest BCUT2D eigenvalue weighted by Crippen LogP contribution is 2.43. The number of esters is 1. The van der Waals surface area contributed by atoms with Crippen molar-refractivity contribution in [3.8, 4) is 28.0 Å². The molecule has 1 aromatic heterocycles. The summed E-state index contributed by atoms with van der Waals surface area (Å²) < 4.78 is 52.8. The Morgan fingerprint density at radius 1 is 0.980 bits per heavy atom. The number of methoxy groups -OCH3 is 2. The van der Waals surface area contributed by atoms with Gasteiger partial charge in [0, 0.05) is 35.8 Å². The molecule has 1 amide bonds. The van der Waals surface area contributed by atoms with Gasteiger partial charge in [-0.05, 0) is 79.3 Å². The lowest BCUT2D eigenvalue weighted by Crippen LogP contribution is -2.41. The van der Waals surface area contributed by atoms with Gasteiger partial charge in [0.05, 0.1) is 32.8 Å². The van der Waals surface area contributed by atoms with Gasteiger partial charge in [-0.3, -0.25) is 9.59 Å². The van der Waals surface area contributed by atoms with E-state index >= 15 is 0 Å². The summed E-state index contributed by atoms with van der Waals surface area (Å²) in [5.41, 5.74) is 4.43. The van der Waals surface area contributed by atoms with Crippen LogP contribution in [0.25, 0.3) is 28.3 Å². The number of ether oxygens (including phenoxy) is 2. The van der Waals surface area contributed by atoms with Gasteiger partial charge in [-0.1, -0.05) is 49.4 Å². The molecule has 2 atom stereocenters. The average molecular weight is 671 g/mol. The van der Waals surface area contributed by atoms with Crippen molar-refractivity contribution in [1.82, 2.24) is 9.88 Å². The molecule has 3 aromatic carbocycles. The van der Waals surface area contributed by atoms with Crippen molar-refractivity contribution in [2.24, 2.45) is 0 Å². The molecule has 1 fully saturated rings. The van der Waals surface area contributed by atoms with Crippen LogP contribution in [0.5, 0.6) is 5.75 Å². The molecular formula is C38H41BF2N2O6. The molecule has 5 rings (SSSR count). The van der Waals surface area contributed by atoms with E-state index in [-0.39, 0.29) is 30.9 Å². The van der Waals surface area contributed by atoms with Crippen molar-refractivity contribution in [2.75, 3.05) is 14.2 Å². The van der Waals surface area contributed by atoms with Gasteiger partial charge in [-0.25, -0.2) is 8.78 Å². The van der Waals surface area contributed by atoms with E-state index in [1.165, 1.54) is 31.4 Å². The standard InChI is InChI=1S/C38H41BF2N2O6/c1-6-39-48-31(21-32(49-39)22-34(44)47-5)18-19-33-35(26-10-14-28(40)15-11-26)36(27-12-16-29(41)17-13-27)37(43(33)24(2)3)38(45)42-23-25-8-7-9-30(20-25)46-4/h7-20,24,31-32H,6,21-23H2,1-5H3,(H,42,45)/b19-18+/t31-,32+/m0/s1. The van der Waals surface area contributed by atoms with Crippen LogP contribution in [0.2, 0.25) is 6.32 Å². The maximum absolute atomic E-state index is 14.4. The number of carbonyl (C=O) groups excluding carboxylic acids is 2. The summed E-state index contributed by atoms with van der Waals surface area (Å²) >= 11 is 0. The number of nitrogens with one attached hydrogen (secondary N) is 1. The summed E-state index contributed by atoms with van der Waals surface area (Å²) in [7, 11) is 2.41. The van der Waals surface area contributed by atoms with E-state index in [1.807, 2.05) is 61.8 Å². The van der Waals surface area contributed by atoms with E-state index in [1.54, 1.807) is 31.4 Å².